The number of amides is 1. The van der Waals surface area contributed by atoms with Gasteiger partial charge in [-0.3, -0.25) is 9.48 Å². The van der Waals surface area contributed by atoms with E-state index in [1.807, 2.05) is 31.2 Å². The van der Waals surface area contributed by atoms with Crippen molar-refractivity contribution in [2.75, 3.05) is 5.73 Å². The number of halogens is 1. The second kappa shape index (κ2) is 5.44. The van der Waals surface area contributed by atoms with Gasteiger partial charge in [0.15, 0.2) is 0 Å². The average Bonchev–Trinajstić information content (AvgIpc) is 2.69. The molecule has 0 aliphatic carbocycles. The molecule has 2 aromatic rings. The summed E-state index contributed by atoms with van der Waals surface area (Å²) in [6, 6.07) is 7.70. The molecule has 1 heterocycles. The van der Waals surface area contributed by atoms with Crippen molar-refractivity contribution in [3.8, 4) is 0 Å². The van der Waals surface area contributed by atoms with Gasteiger partial charge < -0.3 is 11.1 Å². The Kier molecular flexibility index (Phi) is 3.90. The third-order valence-electron chi connectivity index (χ3n) is 2.90. The van der Waals surface area contributed by atoms with Gasteiger partial charge in [-0.1, -0.05) is 28.1 Å². The standard InChI is InChI=1S/C13H15BrN4O/c1-8(9-3-5-10(14)6-4-9)17-13(19)12-11(15)7-16-18(12)2/h3-8H,15H2,1-2H3,(H,17,19). The van der Waals surface area contributed by atoms with E-state index in [0.717, 1.165) is 10.0 Å². The first kappa shape index (κ1) is 13.6. The maximum atomic E-state index is 12.1. The molecule has 19 heavy (non-hydrogen) atoms. The van der Waals surface area contributed by atoms with Crippen LogP contribution in [0.5, 0.6) is 0 Å². The molecule has 0 radical (unpaired) electrons. The van der Waals surface area contributed by atoms with Crippen molar-refractivity contribution in [1.82, 2.24) is 15.1 Å². The molecular formula is C13H15BrN4O. The molecule has 2 rings (SSSR count). The Morgan fingerprint density at radius 3 is 2.58 bits per heavy atom. The number of anilines is 1. The lowest BCUT2D eigenvalue weighted by Gasteiger charge is -2.14. The molecule has 1 aromatic heterocycles. The van der Waals surface area contributed by atoms with E-state index in [1.54, 1.807) is 7.05 Å². The zero-order valence-electron chi connectivity index (χ0n) is 10.7. The van der Waals surface area contributed by atoms with Gasteiger partial charge in [0.25, 0.3) is 5.91 Å². The number of nitrogens with one attached hydrogen (secondary N) is 1. The van der Waals surface area contributed by atoms with Crippen LogP contribution >= 0.6 is 15.9 Å². The summed E-state index contributed by atoms with van der Waals surface area (Å²) >= 11 is 3.38. The van der Waals surface area contributed by atoms with E-state index in [0.29, 0.717) is 11.4 Å². The summed E-state index contributed by atoms with van der Waals surface area (Å²) in [5.41, 5.74) is 7.51. The second-order valence-electron chi connectivity index (χ2n) is 4.32. The van der Waals surface area contributed by atoms with Crippen molar-refractivity contribution < 1.29 is 4.79 Å². The zero-order chi connectivity index (χ0) is 14.0. The van der Waals surface area contributed by atoms with E-state index in [-0.39, 0.29) is 11.9 Å². The molecule has 0 bridgehead atoms. The highest BCUT2D eigenvalue weighted by molar-refractivity contribution is 9.10. The highest BCUT2D eigenvalue weighted by Gasteiger charge is 2.17. The summed E-state index contributed by atoms with van der Waals surface area (Å²) in [6.07, 6.45) is 1.47. The average molecular weight is 323 g/mol. The molecule has 0 spiro atoms. The predicted molar refractivity (Wildman–Crippen MR) is 77.6 cm³/mol. The number of nitrogens with two attached hydrogens (primary N) is 1. The Bertz CT molecular complexity index is 572. The fraction of sp³-hybridized carbons (Fsp3) is 0.231. The van der Waals surface area contributed by atoms with E-state index in [1.165, 1.54) is 10.9 Å². The minimum atomic E-state index is -0.229. The van der Waals surface area contributed by atoms with Gasteiger partial charge in [-0.05, 0) is 24.6 Å². The van der Waals surface area contributed by atoms with Crippen LogP contribution in [0.2, 0.25) is 0 Å². The number of nitrogen functional groups attached to an aromatic ring is 1. The number of nitrogens with zero attached hydrogens (tertiary/aromatic N) is 2. The number of aryl methyl sites for hydroxylation is 1. The highest BCUT2D eigenvalue weighted by atomic mass is 79.9. The van der Waals surface area contributed by atoms with Crippen LogP contribution < -0.4 is 11.1 Å². The molecule has 1 atom stereocenters. The Labute approximate surface area is 119 Å². The Balaban J connectivity index is 2.13. The molecule has 5 nitrogen and oxygen atoms in total. The lowest BCUT2D eigenvalue weighted by atomic mass is 10.1. The predicted octanol–water partition coefficient (Wildman–Crippen LogP) is 2.26. The molecule has 3 N–H and O–H groups in total. The Morgan fingerprint density at radius 1 is 1.42 bits per heavy atom. The minimum Gasteiger partial charge on any atom is -0.396 e. The number of hydrogen-bond donors (Lipinski definition) is 2. The maximum absolute atomic E-state index is 12.1. The number of hydrogen-bond acceptors (Lipinski definition) is 3. The lowest BCUT2D eigenvalue weighted by Crippen LogP contribution is -2.29. The normalized spacial score (nSPS) is 12.2. The monoisotopic (exact) mass is 322 g/mol. The number of benzene rings is 1. The van der Waals surface area contributed by atoms with Crippen molar-refractivity contribution in [2.24, 2.45) is 7.05 Å². The van der Waals surface area contributed by atoms with E-state index in [9.17, 15) is 4.79 Å². The van der Waals surface area contributed by atoms with Gasteiger partial charge in [-0.25, -0.2) is 0 Å². The lowest BCUT2D eigenvalue weighted by molar-refractivity contribution is 0.0931. The summed E-state index contributed by atoms with van der Waals surface area (Å²) in [7, 11) is 1.69. The molecule has 1 unspecified atom stereocenters. The van der Waals surface area contributed by atoms with Crippen LogP contribution in [0.3, 0.4) is 0 Å². The first-order chi connectivity index (χ1) is 8.99. The number of carbonyl (C=O) groups excluding carboxylic acids is 1. The van der Waals surface area contributed by atoms with Gasteiger partial charge in [-0.2, -0.15) is 5.10 Å². The summed E-state index contributed by atoms with van der Waals surface area (Å²) in [5.74, 6) is -0.229. The molecule has 1 amide bonds. The van der Waals surface area contributed by atoms with Crippen molar-refractivity contribution >= 4 is 27.5 Å². The van der Waals surface area contributed by atoms with Crippen LogP contribution in [-0.4, -0.2) is 15.7 Å². The van der Waals surface area contributed by atoms with Crippen LogP contribution in [0, 0.1) is 0 Å². The molecular weight excluding hydrogens is 308 g/mol. The van der Waals surface area contributed by atoms with Crippen molar-refractivity contribution in [1.29, 1.82) is 0 Å². The van der Waals surface area contributed by atoms with Crippen LogP contribution in [0.25, 0.3) is 0 Å². The van der Waals surface area contributed by atoms with Crippen LogP contribution in [0.1, 0.15) is 29.0 Å². The maximum Gasteiger partial charge on any atom is 0.272 e. The number of rotatable bonds is 3. The molecule has 0 aliphatic heterocycles. The second-order valence-corrected chi connectivity index (χ2v) is 5.23. The molecule has 0 saturated heterocycles. The molecule has 100 valence electrons. The van der Waals surface area contributed by atoms with Gasteiger partial charge in [0.1, 0.15) is 5.69 Å². The van der Waals surface area contributed by atoms with Crippen molar-refractivity contribution in [3.63, 3.8) is 0 Å². The molecule has 0 saturated carbocycles. The fourth-order valence-electron chi connectivity index (χ4n) is 1.83. The third kappa shape index (κ3) is 2.96. The summed E-state index contributed by atoms with van der Waals surface area (Å²) in [4.78, 5) is 12.1. The number of carbonyl (C=O) groups is 1. The zero-order valence-corrected chi connectivity index (χ0v) is 12.3. The Hall–Kier alpha value is -1.82. The SMILES string of the molecule is CC(NC(=O)c1c(N)cnn1C)c1ccc(Br)cc1. The molecule has 6 heteroatoms. The molecule has 1 aromatic carbocycles. The number of aromatic nitrogens is 2. The van der Waals surface area contributed by atoms with Gasteiger partial charge in [0, 0.05) is 11.5 Å². The van der Waals surface area contributed by atoms with Gasteiger partial charge >= 0.3 is 0 Å². The smallest absolute Gasteiger partial charge is 0.272 e. The molecule has 0 aliphatic rings. The van der Waals surface area contributed by atoms with E-state index >= 15 is 0 Å². The summed E-state index contributed by atoms with van der Waals surface area (Å²) in [6.45, 7) is 1.92. The van der Waals surface area contributed by atoms with Crippen LogP contribution in [0.4, 0.5) is 5.69 Å². The minimum absolute atomic E-state index is 0.102. The van der Waals surface area contributed by atoms with E-state index in [2.05, 4.69) is 26.3 Å². The first-order valence-electron chi connectivity index (χ1n) is 5.83. The fourth-order valence-corrected chi connectivity index (χ4v) is 2.10. The largest absolute Gasteiger partial charge is 0.396 e. The van der Waals surface area contributed by atoms with Gasteiger partial charge in [-0.15, -0.1) is 0 Å². The van der Waals surface area contributed by atoms with Crippen molar-refractivity contribution in [3.05, 3.63) is 46.2 Å². The molecule has 0 fully saturated rings. The van der Waals surface area contributed by atoms with Gasteiger partial charge in [0.05, 0.1) is 17.9 Å². The van der Waals surface area contributed by atoms with E-state index in [4.69, 9.17) is 5.73 Å². The van der Waals surface area contributed by atoms with Crippen LogP contribution in [0.15, 0.2) is 34.9 Å². The van der Waals surface area contributed by atoms with Crippen LogP contribution in [-0.2, 0) is 7.05 Å². The quantitative estimate of drug-likeness (QED) is 0.910. The summed E-state index contributed by atoms with van der Waals surface area (Å²) in [5, 5.41) is 6.86. The van der Waals surface area contributed by atoms with Gasteiger partial charge in [0.2, 0.25) is 0 Å². The van der Waals surface area contributed by atoms with E-state index < -0.39 is 0 Å². The first-order valence-corrected chi connectivity index (χ1v) is 6.62. The Morgan fingerprint density at radius 2 is 2.05 bits per heavy atom. The topological polar surface area (TPSA) is 72.9 Å². The third-order valence-corrected chi connectivity index (χ3v) is 3.43. The highest BCUT2D eigenvalue weighted by Crippen LogP contribution is 2.18. The summed E-state index contributed by atoms with van der Waals surface area (Å²) < 4.78 is 2.48. The van der Waals surface area contributed by atoms with Crippen molar-refractivity contribution in [2.45, 2.75) is 13.0 Å².